The topological polar surface area (TPSA) is 81.9 Å². The lowest BCUT2D eigenvalue weighted by atomic mass is 10.2. The Morgan fingerprint density at radius 3 is 2.18 bits per heavy atom. The van der Waals surface area contributed by atoms with Crippen LogP contribution >= 0.6 is 15.9 Å². The van der Waals surface area contributed by atoms with Gasteiger partial charge in [-0.05, 0) is 22.0 Å². The van der Waals surface area contributed by atoms with Crippen molar-refractivity contribution >= 4 is 39.5 Å². The maximum atomic E-state index is 13.6. The minimum atomic E-state index is -1.04. The normalized spacial score (nSPS) is 9.73. The Hall–Kier alpha value is -2.35. The van der Waals surface area contributed by atoms with Gasteiger partial charge in [0.05, 0.1) is 11.4 Å². The van der Waals surface area contributed by atoms with Crippen LogP contribution in [0.4, 0.5) is 25.4 Å². The van der Waals surface area contributed by atoms with Crippen LogP contribution in [-0.4, -0.2) is 25.4 Å². The third-order valence-corrected chi connectivity index (χ3v) is 2.96. The molecule has 0 bridgehead atoms. The third kappa shape index (κ3) is 4.32. The van der Waals surface area contributed by atoms with E-state index in [-0.39, 0.29) is 29.1 Å². The molecule has 0 aliphatic rings. The predicted molar refractivity (Wildman–Crippen MR) is 84.1 cm³/mol. The number of anilines is 2. The van der Waals surface area contributed by atoms with Gasteiger partial charge in [0.1, 0.15) is 19.0 Å². The molecule has 6 nitrogen and oxygen atoms in total. The van der Waals surface area contributed by atoms with Crippen molar-refractivity contribution in [1.29, 1.82) is 0 Å². The molecule has 0 atom stereocenters. The first kappa shape index (κ1) is 17.7. The molecule has 0 unspecified atom stereocenters. The van der Waals surface area contributed by atoms with Gasteiger partial charge < -0.3 is 15.2 Å². The SMILES string of the molecule is C=CCOC(=O)N(C(=O)OCC=C)c1cc(F)c(N)cc1Br. The first-order chi connectivity index (χ1) is 10.4. The highest BCUT2D eigenvalue weighted by atomic mass is 79.9. The highest BCUT2D eigenvalue weighted by molar-refractivity contribution is 9.10. The molecule has 0 spiro atoms. The van der Waals surface area contributed by atoms with Crippen LogP contribution in [0.5, 0.6) is 0 Å². The zero-order valence-corrected chi connectivity index (χ0v) is 13.1. The van der Waals surface area contributed by atoms with E-state index >= 15 is 0 Å². The number of halogens is 2. The molecule has 0 aromatic heterocycles. The number of carbonyl (C=O) groups is 2. The monoisotopic (exact) mass is 372 g/mol. The van der Waals surface area contributed by atoms with Crippen LogP contribution in [0.3, 0.4) is 0 Å². The summed E-state index contributed by atoms with van der Waals surface area (Å²) in [5.74, 6) is -0.795. The van der Waals surface area contributed by atoms with Crippen LogP contribution in [0.25, 0.3) is 0 Å². The van der Waals surface area contributed by atoms with Gasteiger partial charge in [-0.1, -0.05) is 25.3 Å². The van der Waals surface area contributed by atoms with Crippen LogP contribution in [-0.2, 0) is 9.47 Å². The van der Waals surface area contributed by atoms with Gasteiger partial charge in [-0.15, -0.1) is 0 Å². The molecule has 8 heteroatoms. The highest BCUT2D eigenvalue weighted by Crippen LogP contribution is 2.31. The maximum absolute atomic E-state index is 13.6. The van der Waals surface area contributed by atoms with E-state index < -0.39 is 18.0 Å². The Kier molecular flexibility index (Phi) is 6.58. The van der Waals surface area contributed by atoms with Crippen molar-refractivity contribution in [3.05, 3.63) is 47.7 Å². The summed E-state index contributed by atoms with van der Waals surface area (Å²) < 4.78 is 23.5. The number of amides is 2. The summed E-state index contributed by atoms with van der Waals surface area (Å²) in [5, 5.41) is 0. The molecule has 1 aromatic carbocycles. The number of ether oxygens (including phenoxy) is 2. The number of carbonyl (C=O) groups excluding carboxylic acids is 2. The van der Waals surface area contributed by atoms with E-state index in [0.29, 0.717) is 4.90 Å². The Morgan fingerprint density at radius 2 is 1.73 bits per heavy atom. The molecule has 0 saturated heterocycles. The van der Waals surface area contributed by atoms with Gasteiger partial charge in [-0.2, -0.15) is 4.90 Å². The van der Waals surface area contributed by atoms with E-state index in [2.05, 4.69) is 29.1 Å². The quantitative estimate of drug-likeness (QED) is 0.630. The summed E-state index contributed by atoms with van der Waals surface area (Å²) in [6.07, 6.45) is 0.561. The average molecular weight is 373 g/mol. The van der Waals surface area contributed by atoms with Gasteiger partial charge in [-0.3, -0.25) is 0 Å². The summed E-state index contributed by atoms with van der Waals surface area (Å²) in [5.41, 5.74) is 5.17. The number of hydrogen-bond donors (Lipinski definition) is 1. The second kappa shape index (κ2) is 8.18. The molecule has 22 heavy (non-hydrogen) atoms. The van der Waals surface area contributed by atoms with E-state index in [0.717, 1.165) is 6.07 Å². The summed E-state index contributed by atoms with van der Waals surface area (Å²) in [7, 11) is 0. The van der Waals surface area contributed by atoms with Gasteiger partial charge in [0.25, 0.3) is 0 Å². The van der Waals surface area contributed by atoms with E-state index in [1.165, 1.54) is 18.2 Å². The zero-order chi connectivity index (χ0) is 16.7. The molecular weight excluding hydrogens is 359 g/mol. The second-order valence-electron chi connectivity index (χ2n) is 3.89. The fraction of sp³-hybridized carbons (Fsp3) is 0.143. The first-order valence-corrected chi connectivity index (χ1v) is 6.81. The number of hydrogen-bond acceptors (Lipinski definition) is 5. The van der Waals surface area contributed by atoms with E-state index in [9.17, 15) is 14.0 Å². The fourth-order valence-corrected chi connectivity index (χ4v) is 1.92. The van der Waals surface area contributed by atoms with Gasteiger partial charge in [0.2, 0.25) is 0 Å². The summed E-state index contributed by atoms with van der Waals surface area (Å²) in [6.45, 7) is 6.53. The Morgan fingerprint density at radius 1 is 1.23 bits per heavy atom. The van der Waals surface area contributed by atoms with Gasteiger partial charge in [0.15, 0.2) is 0 Å². The fourth-order valence-electron chi connectivity index (χ4n) is 1.38. The van der Waals surface area contributed by atoms with Gasteiger partial charge in [0, 0.05) is 10.5 Å². The second-order valence-corrected chi connectivity index (χ2v) is 4.75. The molecule has 2 amide bonds. The summed E-state index contributed by atoms with van der Waals surface area (Å²) in [4.78, 5) is 24.6. The molecule has 0 aliphatic carbocycles. The lowest BCUT2D eigenvalue weighted by molar-refractivity contribution is 0.146. The van der Waals surface area contributed by atoms with Crippen molar-refractivity contribution < 1.29 is 23.5 Å². The number of rotatable bonds is 5. The molecule has 0 aliphatic heterocycles. The molecule has 0 heterocycles. The molecular formula is C14H14BrFN2O4. The van der Waals surface area contributed by atoms with Crippen molar-refractivity contribution in [1.82, 2.24) is 0 Å². The average Bonchev–Trinajstić information content (AvgIpc) is 2.48. The van der Waals surface area contributed by atoms with Crippen LogP contribution in [0.15, 0.2) is 41.9 Å². The molecule has 0 radical (unpaired) electrons. The van der Waals surface area contributed by atoms with E-state index in [1.54, 1.807) is 0 Å². The number of imide groups is 1. The van der Waals surface area contributed by atoms with Crippen LogP contribution in [0, 0.1) is 5.82 Å². The van der Waals surface area contributed by atoms with E-state index in [1.807, 2.05) is 0 Å². The Labute approximate surface area is 135 Å². The number of nitrogens with two attached hydrogens (primary N) is 1. The van der Waals surface area contributed by atoms with Gasteiger partial charge >= 0.3 is 12.2 Å². The lowest BCUT2D eigenvalue weighted by Crippen LogP contribution is -2.38. The molecule has 118 valence electrons. The largest absolute Gasteiger partial charge is 0.445 e. The van der Waals surface area contributed by atoms with Crippen LogP contribution < -0.4 is 10.6 Å². The molecule has 1 aromatic rings. The Bertz CT molecular complexity index is 583. The highest BCUT2D eigenvalue weighted by Gasteiger charge is 2.29. The Balaban J connectivity index is 3.21. The number of benzene rings is 1. The van der Waals surface area contributed by atoms with Crippen molar-refractivity contribution in [2.45, 2.75) is 0 Å². The van der Waals surface area contributed by atoms with Crippen molar-refractivity contribution in [3.63, 3.8) is 0 Å². The number of nitrogens with zero attached hydrogens (tertiary/aromatic N) is 1. The first-order valence-electron chi connectivity index (χ1n) is 6.02. The van der Waals surface area contributed by atoms with Gasteiger partial charge in [-0.25, -0.2) is 14.0 Å². The zero-order valence-electron chi connectivity index (χ0n) is 11.6. The standard InChI is InChI=1S/C14H14BrFN2O4/c1-3-5-21-13(19)18(14(20)22-6-4-2)12-8-10(16)11(17)7-9(12)15/h3-4,7-8H,1-2,5-6,17H2. The minimum Gasteiger partial charge on any atom is -0.445 e. The van der Waals surface area contributed by atoms with E-state index in [4.69, 9.17) is 15.2 Å². The predicted octanol–water partition coefficient (Wildman–Crippen LogP) is 3.62. The third-order valence-electron chi connectivity index (χ3n) is 2.32. The van der Waals surface area contributed by atoms with Crippen molar-refractivity contribution in [2.75, 3.05) is 23.8 Å². The van der Waals surface area contributed by atoms with Crippen LogP contribution in [0.1, 0.15) is 0 Å². The maximum Gasteiger partial charge on any atom is 0.424 e. The smallest absolute Gasteiger partial charge is 0.424 e. The molecule has 2 N–H and O–H groups in total. The molecule has 0 fully saturated rings. The van der Waals surface area contributed by atoms with Crippen molar-refractivity contribution in [3.8, 4) is 0 Å². The minimum absolute atomic E-state index is 0.102. The lowest BCUT2D eigenvalue weighted by Gasteiger charge is -2.21. The van der Waals surface area contributed by atoms with Crippen LogP contribution in [0.2, 0.25) is 0 Å². The summed E-state index contributed by atoms with van der Waals surface area (Å²) in [6, 6.07) is 2.14. The van der Waals surface area contributed by atoms with Crippen molar-refractivity contribution in [2.24, 2.45) is 0 Å². The number of nitrogen functional groups attached to an aromatic ring is 1. The molecule has 0 saturated carbocycles. The summed E-state index contributed by atoms with van der Waals surface area (Å²) >= 11 is 3.11. The molecule has 1 rings (SSSR count).